The third kappa shape index (κ3) is 3.31. The zero-order valence-corrected chi connectivity index (χ0v) is 13.6. The largest absolute Gasteiger partial charge is 0.457 e. The van der Waals surface area contributed by atoms with E-state index in [0.29, 0.717) is 5.88 Å². The normalized spacial score (nSPS) is 10.6. The molecule has 0 atom stereocenters. The number of alkyl halides is 1. The Morgan fingerprint density at radius 2 is 1.79 bits per heavy atom. The highest BCUT2D eigenvalue weighted by atomic mass is 79.9. The average molecular weight is 340 g/mol. The molecule has 0 saturated carbocycles. The summed E-state index contributed by atoms with van der Waals surface area (Å²) in [4.78, 5) is 0. The van der Waals surface area contributed by atoms with Gasteiger partial charge in [-0.2, -0.15) is 0 Å². The minimum Gasteiger partial charge on any atom is -0.457 e. The summed E-state index contributed by atoms with van der Waals surface area (Å²) in [5.41, 5.74) is 4.58. The van der Waals surface area contributed by atoms with Gasteiger partial charge in [0, 0.05) is 10.0 Å². The number of ether oxygens (including phenoxy) is 1. The van der Waals surface area contributed by atoms with Crippen molar-refractivity contribution in [2.24, 2.45) is 0 Å². The highest BCUT2D eigenvalue weighted by Gasteiger charge is 2.09. The molecular weight excluding hydrogens is 324 g/mol. The summed E-state index contributed by atoms with van der Waals surface area (Å²) in [6, 6.07) is 10.1. The Bertz CT molecular complexity index is 608. The van der Waals surface area contributed by atoms with Crippen LogP contribution in [0.25, 0.3) is 0 Å². The molecule has 0 spiro atoms. The molecule has 0 fully saturated rings. The summed E-state index contributed by atoms with van der Waals surface area (Å²) >= 11 is 9.42. The molecule has 0 bridgehead atoms. The van der Waals surface area contributed by atoms with Crippen LogP contribution in [0.5, 0.6) is 11.5 Å². The van der Waals surface area contributed by atoms with Crippen LogP contribution in [-0.2, 0) is 5.88 Å². The zero-order chi connectivity index (χ0) is 14.0. The van der Waals surface area contributed by atoms with E-state index in [1.807, 2.05) is 18.2 Å². The lowest BCUT2D eigenvalue weighted by atomic mass is 10.1. The van der Waals surface area contributed by atoms with Gasteiger partial charge >= 0.3 is 0 Å². The summed E-state index contributed by atoms with van der Waals surface area (Å²) < 4.78 is 7.04. The van der Waals surface area contributed by atoms with E-state index in [1.165, 1.54) is 11.1 Å². The number of benzene rings is 2. The van der Waals surface area contributed by atoms with Gasteiger partial charge in [-0.25, -0.2) is 0 Å². The molecule has 0 amide bonds. The van der Waals surface area contributed by atoms with Gasteiger partial charge in [0.25, 0.3) is 0 Å². The fraction of sp³-hybridized carbons (Fsp3) is 0.250. The van der Waals surface area contributed by atoms with Crippen LogP contribution in [0.3, 0.4) is 0 Å². The van der Waals surface area contributed by atoms with Crippen molar-refractivity contribution in [1.29, 1.82) is 0 Å². The number of halogens is 2. The summed E-state index contributed by atoms with van der Waals surface area (Å²) in [6.07, 6.45) is 0. The molecule has 0 aromatic heterocycles. The predicted octanol–water partition coefficient (Wildman–Crippen LogP) is 5.91. The lowest BCUT2D eigenvalue weighted by Crippen LogP contribution is -1.94. The number of hydrogen-bond acceptors (Lipinski definition) is 1. The van der Waals surface area contributed by atoms with Crippen molar-refractivity contribution in [2.75, 3.05) is 0 Å². The second-order valence-electron chi connectivity index (χ2n) is 4.69. The standard InChI is InChI=1S/C16H16BrClO/c1-10-6-11(2)12(3)15(7-10)19-16-8-14(17)5-4-13(16)9-18/h4-8H,9H2,1-3H3. The summed E-state index contributed by atoms with van der Waals surface area (Å²) in [5, 5.41) is 0. The molecule has 0 unspecified atom stereocenters. The summed E-state index contributed by atoms with van der Waals surface area (Å²) in [7, 11) is 0. The SMILES string of the molecule is Cc1cc(C)c(C)c(Oc2cc(Br)ccc2CCl)c1. The molecule has 0 aliphatic carbocycles. The molecular formula is C16H16BrClO. The first kappa shape index (κ1) is 14.4. The Hall–Kier alpha value is -0.990. The predicted molar refractivity (Wildman–Crippen MR) is 84.4 cm³/mol. The lowest BCUT2D eigenvalue weighted by molar-refractivity contribution is 0.473. The minimum absolute atomic E-state index is 0.437. The minimum atomic E-state index is 0.437. The molecule has 19 heavy (non-hydrogen) atoms. The van der Waals surface area contributed by atoms with Gasteiger partial charge in [0.1, 0.15) is 11.5 Å². The van der Waals surface area contributed by atoms with Gasteiger partial charge in [-0.1, -0.05) is 28.1 Å². The third-order valence-electron chi connectivity index (χ3n) is 3.16. The maximum Gasteiger partial charge on any atom is 0.132 e. The topological polar surface area (TPSA) is 9.23 Å². The first-order valence-electron chi connectivity index (χ1n) is 6.11. The van der Waals surface area contributed by atoms with E-state index >= 15 is 0 Å². The van der Waals surface area contributed by atoms with Crippen molar-refractivity contribution in [1.82, 2.24) is 0 Å². The Morgan fingerprint density at radius 3 is 2.47 bits per heavy atom. The van der Waals surface area contributed by atoms with Crippen LogP contribution in [0.15, 0.2) is 34.8 Å². The van der Waals surface area contributed by atoms with Crippen LogP contribution < -0.4 is 4.74 Å². The maximum atomic E-state index is 6.06. The molecule has 0 heterocycles. The van der Waals surface area contributed by atoms with Gasteiger partial charge in [-0.3, -0.25) is 0 Å². The van der Waals surface area contributed by atoms with Crippen molar-refractivity contribution >= 4 is 27.5 Å². The van der Waals surface area contributed by atoms with E-state index < -0.39 is 0 Å². The number of rotatable bonds is 3. The average Bonchev–Trinajstić information content (AvgIpc) is 2.35. The van der Waals surface area contributed by atoms with Crippen molar-refractivity contribution in [2.45, 2.75) is 26.7 Å². The zero-order valence-electron chi connectivity index (χ0n) is 11.3. The van der Waals surface area contributed by atoms with Crippen LogP contribution in [0.2, 0.25) is 0 Å². The van der Waals surface area contributed by atoms with Crippen molar-refractivity contribution in [3.63, 3.8) is 0 Å². The molecule has 1 nitrogen and oxygen atoms in total. The Kier molecular flexibility index (Phi) is 4.54. The maximum absolute atomic E-state index is 6.06. The van der Waals surface area contributed by atoms with Gasteiger partial charge < -0.3 is 4.74 Å². The molecule has 3 heteroatoms. The Balaban J connectivity index is 2.44. The second-order valence-corrected chi connectivity index (χ2v) is 5.88. The van der Waals surface area contributed by atoms with E-state index in [1.54, 1.807) is 0 Å². The first-order valence-corrected chi connectivity index (χ1v) is 7.44. The fourth-order valence-corrected chi connectivity index (χ4v) is 2.52. The Morgan fingerprint density at radius 1 is 1.05 bits per heavy atom. The van der Waals surface area contributed by atoms with E-state index in [4.69, 9.17) is 16.3 Å². The van der Waals surface area contributed by atoms with Crippen molar-refractivity contribution < 1.29 is 4.74 Å². The monoisotopic (exact) mass is 338 g/mol. The van der Waals surface area contributed by atoms with E-state index in [2.05, 4.69) is 48.8 Å². The second kappa shape index (κ2) is 5.98. The summed E-state index contributed by atoms with van der Waals surface area (Å²) in [6.45, 7) is 6.24. The summed E-state index contributed by atoms with van der Waals surface area (Å²) in [5.74, 6) is 2.13. The number of aryl methyl sites for hydroxylation is 2. The van der Waals surface area contributed by atoms with Gasteiger partial charge in [0.15, 0.2) is 0 Å². The van der Waals surface area contributed by atoms with Crippen LogP contribution >= 0.6 is 27.5 Å². The van der Waals surface area contributed by atoms with Crippen LogP contribution in [-0.4, -0.2) is 0 Å². The van der Waals surface area contributed by atoms with Gasteiger partial charge in [0.2, 0.25) is 0 Å². The molecule has 0 N–H and O–H groups in total. The van der Waals surface area contributed by atoms with E-state index in [-0.39, 0.29) is 0 Å². The van der Waals surface area contributed by atoms with Gasteiger partial charge in [-0.15, -0.1) is 11.6 Å². The van der Waals surface area contributed by atoms with Crippen LogP contribution in [0.1, 0.15) is 22.3 Å². The highest BCUT2D eigenvalue weighted by Crippen LogP contribution is 2.33. The smallest absolute Gasteiger partial charge is 0.132 e. The fourth-order valence-electron chi connectivity index (χ4n) is 1.96. The highest BCUT2D eigenvalue weighted by molar-refractivity contribution is 9.10. The van der Waals surface area contributed by atoms with Crippen molar-refractivity contribution in [3.05, 3.63) is 57.1 Å². The molecule has 2 aromatic carbocycles. The molecule has 0 aliphatic heterocycles. The third-order valence-corrected chi connectivity index (χ3v) is 3.94. The van der Waals surface area contributed by atoms with E-state index in [0.717, 1.165) is 27.1 Å². The molecule has 0 aliphatic rings. The van der Waals surface area contributed by atoms with E-state index in [9.17, 15) is 0 Å². The molecule has 0 saturated heterocycles. The number of hydrogen-bond donors (Lipinski definition) is 0. The van der Waals surface area contributed by atoms with Crippen molar-refractivity contribution in [3.8, 4) is 11.5 Å². The van der Waals surface area contributed by atoms with Crippen LogP contribution in [0.4, 0.5) is 0 Å². The molecule has 2 rings (SSSR count). The molecule has 0 radical (unpaired) electrons. The lowest BCUT2D eigenvalue weighted by Gasteiger charge is -2.14. The van der Waals surface area contributed by atoms with Crippen LogP contribution in [0, 0.1) is 20.8 Å². The molecule has 2 aromatic rings. The quantitative estimate of drug-likeness (QED) is 0.632. The Labute approximate surface area is 127 Å². The first-order chi connectivity index (χ1) is 9.01. The van der Waals surface area contributed by atoms with Gasteiger partial charge in [0.05, 0.1) is 5.88 Å². The molecule has 100 valence electrons. The van der Waals surface area contributed by atoms with Gasteiger partial charge in [-0.05, 0) is 55.7 Å².